The van der Waals surface area contributed by atoms with Crippen LogP contribution in [0.3, 0.4) is 0 Å². The molecule has 0 aliphatic heterocycles. The first-order chi connectivity index (χ1) is 38.4. The van der Waals surface area contributed by atoms with E-state index in [2.05, 4.69) is 131 Å². The minimum absolute atomic E-state index is 0.497. The van der Waals surface area contributed by atoms with Crippen LogP contribution in [0.2, 0.25) is 0 Å². The largest absolute Gasteiger partial charge is 0.319 e. The molecule has 0 atom stereocenters. The number of benzene rings is 2. The lowest BCUT2D eigenvalue weighted by Crippen LogP contribution is -2.79. The van der Waals surface area contributed by atoms with Crippen molar-refractivity contribution in [1.82, 2.24) is 68.9 Å². The molecule has 8 N–H and O–H groups in total. The molecule has 20 nitrogen and oxygen atoms in total. The van der Waals surface area contributed by atoms with Crippen LogP contribution < -0.4 is 21.3 Å². The number of aromatic nitrogens is 12. The Bertz CT molecular complexity index is 3480. The van der Waals surface area contributed by atoms with Gasteiger partial charge < -0.3 is 41.9 Å². The fourth-order valence-electron chi connectivity index (χ4n) is 10.3. The topological polar surface area (TPSA) is 234 Å². The van der Waals surface area contributed by atoms with Gasteiger partial charge in [0, 0.05) is 105 Å². The monoisotopic (exact) mass is 1060 g/mol. The molecule has 6 aromatic heterocycles. The number of hydrogen-bond donors (Lipinski definition) is 6. The lowest BCUT2D eigenvalue weighted by molar-refractivity contribution is -0.592. The van der Waals surface area contributed by atoms with Crippen LogP contribution in [-0.2, 0) is 52.9 Å². The second-order valence-corrected chi connectivity index (χ2v) is 21.3. The van der Waals surface area contributed by atoms with Crippen molar-refractivity contribution in [1.29, 1.82) is 10.8 Å². The summed E-state index contributed by atoms with van der Waals surface area (Å²) < 4.78 is 7.81. The highest BCUT2D eigenvalue weighted by Gasteiger charge is 2.29. The van der Waals surface area contributed by atoms with Crippen LogP contribution in [0.5, 0.6) is 0 Å². The molecular formula is C59H74N20+2. The lowest BCUT2D eigenvalue weighted by Gasteiger charge is -2.17. The molecule has 2 aliphatic carbocycles. The second kappa shape index (κ2) is 24.6. The Morgan fingerprint density at radius 3 is 1.59 bits per heavy atom. The number of unbranched alkanes of at least 4 members (excludes halogenated alkanes) is 1. The number of nitrogens with one attached hydrogen (secondary N) is 4. The van der Waals surface area contributed by atoms with Crippen LogP contribution in [0.15, 0.2) is 97.9 Å². The Morgan fingerprint density at radius 1 is 0.620 bits per heavy atom. The number of nitrogens with two attached hydrogens (primary N) is 2. The van der Waals surface area contributed by atoms with E-state index in [-0.39, 0.29) is 0 Å². The summed E-state index contributed by atoms with van der Waals surface area (Å²) in [5, 5.41) is 46.7. The van der Waals surface area contributed by atoms with Gasteiger partial charge in [-0.25, -0.2) is 19.9 Å². The van der Waals surface area contributed by atoms with E-state index in [9.17, 15) is 0 Å². The Kier molecular flexibility index (Phi) is 16.8. The van der Waals surface area contributed by atoms with Crippen molar-refractivity contribution in [3.05, 3.63) is 131 Å². The van der Waals surface area contributed by atoms with Gasteiger partial charge in [0.2, 0.25) is 11.9 Å². The normalized spacial score (nSPS) is 13.2. The standard InChI is InChI=1S/C59H72N20/c1-39(2)34-63-36-47(33-61)41-12-16-43(17-13-41)57-53-49(71-77(57)7)21-19-45-38-65-59(69-55(45)53)67-51-23-27-79(73-51)31-29-75(5)25-9-8-24-62-35-46(32-60)40-10-14-42(15-11-40)56-52-48(70-76(56)6)20-18-44-37-64-58(68-54(44)52)66-50-22-26-78(72-50)30-28-74(3)4/h10-17,22-23,26-27,32-33,35-39,60-63H,8-9,18-21,24-25,28-31,34H2,1-7H3,(H,64,66,68,72)(H,65,67,69,73)/p+2/b46-35+,47-36+,60-32?,61-33?. The number of anilines is 4. The van der Waals surface area contributed by atoms with Gasteiger partial charge >= 0.3 is 0 Å². The molecule has 20 heteroatoms. The van der Waals surface area contributed by atoms with E-state index in [1.807, 2.05) is 75.9 Å². The lowest BCUT2D eigenvalue weighted by atomic mass is 9.91. The van der Waals surface area contributed by atoms with Crippen molar-refractivity contribution in [3.8, 4) is 45.0 Å². The number of fused-ring (bicyclic) bond motifs is 6. The van der Waals surface area contributed by atoms with E-state index in [0.717, 1.165) is 174 Å². The highest BCUT2D eigenvalue weighted by atomic mass is 15.3. The van der Waals surface area contributed by atoms with Gasteiger partial charge in [0.1, 0.15) is 12.4 Å². The number of allylic oxidation sites excluding steroid dienone is 2. The third-order valence-corrected chi connectivity index (χ3v) is 14.6. The summed E-state index contributed by atoms with van der Waals surface area (Å²) in [6.07, 6.45) is 20.2. The maximum absolute atomic E-state index is 8.26. The van der Waals surface area contributed by atoms with Gasteiger partial charge in [0.25, 0.3) is 0 Å². The van der Waals surface area contributed by atoms with Gasteiger partial charge in [-0.05, 0) is 88.5 Å². The average Bonchev–Trinajstić information content (AvgIpc) is 4.29. The third kappa shape index (κ3) is 12.7. The van der Waals surface area contributed by atoms with Crippen LogP contribution in [-0.4, -0.2) is 135 Å². The molecular weight excluding hydrogens is 989 g/mol. The summed E-state index contributed by atoms with van der Waals surface area (Å²) in [6, 6.07) is 20.7. The summed E-state index contributed by atoms with van der Waals surface area (Å²) in [4.78, 5) is 23.9. The van der Waals surface area contributed by atoms with Crippen LogP contribution in [0.4, 0.5) is 23.5 Å². The van der Waals surface area contributed by atoms with E-state index in [1.165, 1.54) is 12.4 Å². The fraction of sp³-hybridized carbons (Fsp3) is 0.356. The summed E-state index contributed by atoms with van der Waals surface area (Å²) in [6.45, 7) is 10.6. The summed E-state index contributed by atoms with van der Waals surface area (Å²) in [5.74, 6) is 2.97. The van der Waals surface area contributed by atoms with Gasteiger partial charge in [-0.15, -0.1) is 0 Å². The fourth-order valence-corrected chi connectivity index (χ4v) is 10.3. The number of quaternary nitrogens is 2. The van der Waals surface area contributed by atoms with Gasteiger partial charge in [0.15, 0.2) is 11.6 Å². The van der Waals surface area contributed by atoms with Gasteiger partial charge in [0.05, 0.1) is 71.5 Å². The zero-order valence-corrected chi connectivity index (χ0v) is 46.6. The van der Waals surface area contributed by atoms with E-state index in [1.54, 1.807) is 0 Å². The molecule has 6 heterocycles. The molecule has 2 aliphatic rings. The molecule has 8 aromatic rings. The molecule has 0 spiro atoms. The molecule has 0 amide bonds. The molecule has 0 saturated heterocycles. The molecule has 408 valence electrons. The van der Waals surface area contributed by atoms with Crippen molar-refractivity contribution in [2.24, 2.45) is 20.0 Å². The average molecular weight is 1060 g/mol. The van der Waals surface area contributed by atoms with E-state index < -0.39 is 0 Å². The molecule has 79 heavy (non-hydrogen) atoms. The Labute approximate surface area is 462 Å². The molecule has 2 aromatic carbocycles. The van der Waals surface area contributed by atoms with Crippen LogP contribution >= 0.6 is 0 Å². The number of aryl methyl sites for hydroxylation is 6. The summed E-state index contributed by atoms with van der Waals surface area (Å²) in [7, 11) is 10.3. The third-order valence-electron chi connectivity index (χ3n) is 14.6. The smallest absolute Gasteiger partial charge is 0.228 e. The van der Waals surface area contributed by atoms with E-state index >= 15 is 0 Å². The first kappa shape index (κ1) is 54.1. The quantitative estimate of drug-likeness (QED) is 0.0277. The van der Waals surface area contributed by atoms with Crippen LogP contribution in [0, 0.1) is 16.7 Å². The number of nitrogens with zero attached hydrogens (tertiary/aromatic N) is 14. The SMILES string of the molecule is CC(C)C[NH2+]/C=C(\C=N)c1ccc(-c2c3c(nn2C)CCc2cnc(Nc4ccn(CCN(C)CCCC[NH2+]/C=C(\C=N)c5ccc(-c6c7c(nn6C)CCc6cnc(Nc8ccn(CCN(C)C)n8)nc6-7)cc5)n4)nc2-3)cc1. The maximum Gasteiger partial charge on any atom is 0.228 e. The highest BCUT2D eigenvalue weighted by molar-refractivity contribution is 6.08. The van der Waals surface area contributed by atoms with Crippen molar-refractivity contribution < 1.29 is 10.6 Å². The molecule has 0 fully saturated rings. The van der Waals surface area contributed by atoms with Crippen LogP contribution in [0.1, 0.15) is 60.3 Å². The number of hydrogen-bond acceptors (Lipinski definition) is 14. The van der Waals surface area contributed by atoms with Crippen molar-refractivity contribution in [3.63, 3.8) is 0 Å². The number of likely N-dealkylation sites (N-methyl/N-ethyl adjacent to an activating group) is 2. The molecule has 0 radical (unpaired) electrons. The van der Waals surface area contributed by atoms with Gasteiger partial charge in [-0.3, -0.25) is 18.7 Å². The second-order valence-electron chi connectivity index (χ2n) is 21.3. The maximum atomic E-state index is 8.26. The van der Waals surface area contributed by atoms with Crippen molar-refractivity contribution in [2.75, 3.05) is 64.5 Å². The van der Waals surface area contributed by atoms with Crippen LogP contribution in [0.25, 0.3) is 56.2 Å². The summed E-state index contributed by atoms with van der Waals surface area (Å²) >= 11 is 0. The molecule has 0 unspecified atom stereocenters. The Balaban J connectivity index is 0.692. The minimum Gasteiger partial charge on any atom is -0.319 e. The minimum atomic E-state index is 0.497. The molecule has 0 bridgehead atoms. The number of rotatable bonds is 25. The summed E-state index contributed by atoms with van der Waals surface area (Å²) in [5.41, 5.74) is 16.0. The van der Waals surface area contributed by atoms with Gasteiger partial charge in [-0.2, -0.15) is 20.4 Å². The Morgan fingerprint density at radius 2 is 1.11 bits per heavy atom. The van der Waals surface area contributed by atoms with Crippen molar-refractivity contribution >= 4 is 47.1 Å². The van der Waals surface area contributed by atoms with E-state index in [4.69, 9.17) is 41.1 Å². The first-order valence-electron chi connectivity index (χ1n) is 27.5. The zero-order chi connectivity index (χ0) is 55.0. The highest BCUT2D eigenvalue weighted by Crippen LogP contribution is 2.41. The predicted octanol–water partition coefficient (Wildman–Crippen LogP) is 6.22. The zero-order valence-electron chi connectivity index (χ0n) is 46.6. The van der Waals surface area contributed by atoms with E-state index in [0.29, 0.717) is 29.5 Å². The first-order valence-corrected chi connectivity index (χ1v) is 27.5. The molecule has 0 saturated carbocycles. The predicted molar refractivity (Wildman–Crippen MR) is 312 cm³/mol. The molecule has 10 rings (SSSR count). The Hall–Kier alpha value is -8.30. The van der Waals surface area contributed by atoms with Gasteiger partial charge in [-0.1, -0.05) is 62.4 Å². The van der Waals surface area contributed by atoms with Crippen molar-refractivity contribution in [2.45, 2.75) is 65.5 Å².